The number of rotatable bonds is 7. The van der Waals surface area contributed by atoms with Gasteiger partial charge in [0.25, 0.3) is 0 Å². The highest BCUT2D eigenvalue weighted by Crippen LogP contribution is 2.49. The summed E-state index contributed by atoms with van der Waals surface area (Å²) in [6, 6.07) is 78.0. The molecule has 1 heterocycles. The molecule has 1 aliphatic carbocycles. The van der Waals surface area contributed by atoms with Crippen LogP contribution in [0.1, 0.15) is 0 Å². The van der Waals surface area contributed by atoms with Gasteiger partial charge in [-0.15, -0.1) is 0 Å². The molecule has 270 valence electrons. The molecule has 2 nitrogen and oxygen atoms in total. The predicted octanol–water partition coefficient (Wildman–Crippen LogP) is 14.9. The Balaban J connectivity index is 0.940. The lowest BCUT2D eigenvalue weighted by atomic mass is 9.91. The van der Waals surface area contributed by atoms with Gasteiger partial charge in [0, 0.05) is 16.7 Å². The van der Waals surface area contributed by atoms with Crippen molar-refractivity contribution in [2.45, 2.75) is 0 Å². The van der Waals surface area contributed by atoms with Crippen LogP contribution in [0.15, 0.2) is 218 Å². The summed E-state index contributed by atoms with van der Waals surface area (Å²) in [7, 11) is 0. The van der Waals surface area contributed by atoms with Crippen LogP contribution in [0.25, 0.3) is 111 Å². The molecule has 0 amide bonds. The van der Waals surface area contributed by atoms with Gasteiger partial charge in [0.05, 0.1) is 11.4 Å². The van der Waals surface area contributed by atoms with E-state index in [4.69, 9.17) is 9.97 Å². The highest BCUT2D eigenvalue weighted by molar-refractivity contribution is 6.18. The summed E-state index contributed by atoms with van der Waals surface area (Å²) < 4.78 is 0. The first-order chi connectivity index (χ1) is 28.8. The minimum absolute atomic E-state index is 0.705. The molecule has 0 N–H and O–H groups in total. The van der Waals surface area contributed by atoms with E-state index in [1.807, 2.05) is 12.1 Å². The SMILES string of the molecule is c1ccc(-c2cc(-c3ccc(-c4ccccc4-c4ccc(-c5ccc6c7c(cccc57)-c5ccccc5-6)cc4)cc3)nc(-c3ccccc3-c3ccccc3)n2)cc1. The van der Waals surface area contributed by atoms with Crippen molar-refractivity contribution in [1.29, 1.82) is 0 Å². The minimum atomic E-state index is 0.705. The Hall–Kier alpha value is -7.68. The second kappa shape index (κ2) is 14.1. The van der Waals surface area contributed by atoms with Crippen molar-refractivity contribution in [3.05, 3.63) is 218 Å². The van der Waals surface area contributed by atoms with Crippen LogP contribution in [-0.2, 0) is 0 Å². The lowest BCUT2D eigenvalue weighted by Gasteiger charge is -2.14. The van der Waals surface area contributed by atoms with Crippen molar-refractivity contribution in [3.8, 4) is 101 Å². The van der Waals surface area contributed by atoms with E-state index < -0.39 is 0 Å². The third-order valence-corrected chi connectivity index (χ3v) is 11.5. The molecule has 0 bridgehead atoms. The van der Waals surface area contributed by atoms with Crippen LogP contribution >= 0.6 is 0 Å². The largest absolute Gasteiger partial charge is 0.228 e. The maximum absolute atomic E-state index is 5.22. The fourth-order valence-corrected chi connectivity index (χ4v) is 8.72. The van der Waals surface area contributed by atoms with Crippen molar-refractivity contribution < 1.29 is 0 Å². The van der Waals surface area contributed by atoms with Crippen LogP contribution < -0.4 is 0 Å². The average molecular weight is 737 g/mol. The van der Waals surface area contributed by atoms with E-state index >= 15 is 0 Å². The van der Waals surface area contributed by atoms with Crippen LogP contribution in [-0.4, -0.2) is 9.97 Å². The second-order valence-corrected chi connectivity index (χ2v) is 14.9. The normalized spacial score (nSPS) is 11.4. The Morgan fingerprint density at radius 2 is 0.586 bits per heavy atom. The van der Waals surface area contributed by atoms with E-state index in [2.05, 4.69) is 206 Å². The zero-order valence-corrected chi connectivity index (χ0v) is 31.7. The van der Waals surface area contributed by atoms with Crippen LogP contribution in [0.3, 0.4) is 0 Å². The number of hydrogen-bond donors (Lipinski definition) is 0. The topological polar surface area (TPSA) is 25.8 Å². The number of nitrogens with zero attached hydrogens (tertiary/aromatic N) is 2. The van der Waals surface area contributed by atoms with Gasteiger partial charge in [-0.2, -0.15) is 0 Å². The molecule has 2 heteroatoms. The Morgan fingerprint density at radius 1 is 0.224 bits per heavy atom. The maximum Gasteiger partial charge on any atom is 0.161 e. The highest BCUT2D eigenvalue weighted by atomic mass is 14.9. The van der Waals surface area contributed by atoms with Gasteiger partial charge in [-0.25, -0.2) is 9.97 Å². The van der Waals surface area contributed by atoms with E-state index in [1.54, 1.807) is 0 Å². The first-order valence-electron chi connectivity index (χ1n) is 19.8. The minimum Gasteiger partial charge on any atom is -0.228 e. The van der Waals surface area contributed by atoms with E-state index in [1.165, 1.54) is 60.8 Å². The van der Waals surface area contributed by atoms with Crippen LogP contribution in [0.4, 0.5) is 0 Å². The number of fused-ring (bicyclic) bond motifs is 3. The quantitative estimate of drug-likeness (QED) is 0.163. The highest BCUT2D eigenvalue weighted by Gasteiger charge is 2.22. The monoisotopic (exact) mass is 736 g/mol. The Labute approximate surface area is 338 Å². The molecule has 0 unspecified atom stereocenters. The molecule has 11 rings (SSSR count). The third-order valence-electron chi connectivity index (χ3n) is 11.5. The summed E-state index contributed by atoms with van der Waals surface area (Å²) in [5, 5.41) is 2.65. The molecule has 0 saturated carbocycles. The van der Waals surface area contributed by atoms with Crippen molar-refractivity contribution in [2.75, 3.05) is 0 Å². The second-order valence-electron chi connectivity index (χ2n) is 14.9. The number of aromatic nitrogens is 2. The van der Waals surface area contributed by atoms with Crippen LogP contribution in [0, 0.1) is 0 Å². The van der Waals surface area contributed by atoms with Gasteiger partial charge < -0.3 is 0 Å². The molecule has 58 heavy (non-hydrogen) atoms. The molecular weight excluding hydrogens is 701 g/mol. The predicted molar refractivity (Wildman–Crippen MR) is 242 cm³/mol. The van der Waals surface area contributed by atoms with Crippen LogP contribution in [0.2, 0.25) is 0 Å². The first-order valence-corrected chi connectivity index (χ1v) is 19.8. The number of benzene rings is 9. The molecule has 0 fully saturated rings. The van der Waals surface area contributed by atoms with E-state index in [9.17, 15) is 0 Å². The van der Waals surface area contributed by atoms with E-state index in [0.29, 0.717) is 5.82 Å². The fourth-order valence-electron chi connectivity index (χ4n) is 8.72. The standard InChI is InChI=1S/C56H36N2/c1-3-14-37(15-4-1)45-20-9-12-23-52(45)56-57-53(41-16-5-2-6-17-41)36-54(58-56)42-32-30-39(31-33-42)44-19-8-7-18-43(44)38-26-28-40(29-27-38)46-34-35-51-48-22-11-10-21-47(48)50-25-13-24-49(46)55(50)51/h1-36H. The fraction of sp³-hybridized carbons (Fsp3) is 0. The van der Waals surface area contributed by atoms with Crippen molar-refractivity contribution in [2.24, 2.45) is 0 Å². The Kier molecular flexibility index (Phi) is 8.19. The van der Waals surface area contributed by atoms with Crippen molar-refractivity contribution >= 4 is 10.8 Å². The first kappa shape index (κ1) is 33.6. The van der Waals surface area contributed by atoms with Gasteiger partial charge >= 0.3 is 0 Å². The Morgan fingerprint density at radius 3 is 1.16 bits per heavy atom. The zero-order valence-electron chi connectivity index (χ0n) is 31.7. The number of hydrogen-bond acceptors (Lipinski definition) is 2. The molecule has 10 aromatic rings. The van der Waals surface area contributed by atoms with Gasteiger partial charge in [-0.05, 0) is 83.6 Å². The van der Waals surface area contributed by atoms with E-state index in [-0.39, 0.29) is 0 Å². The van der Waals surface area contributed by atoms with Gasteiger partial charge in [0.2, 0.25) is 0 Å². The summed E-state index contributed by atoms with van der Waals surface area (Å²) in [6.45, 7) is 0. The molecule has 1 aliphatic rings. The molecular formula is C56H36N2. The molecule has 0 spiro atoms. The van der Waals surface area contributed by atoms with Gasteiger partial charge in [-0.1, -0.05) is 212 Å². The molecule has 0 saturated heterocycles. The summed E-state index contributed by atoms with van der Waals surface area (Å²) in [5.74, 6) is 0.705. The Bertz CT molecular complexity index is 3100. The average Bonchev–Trinajstić information content (AvgIpc) is 3.64. The van der Waals surface area contributed by atoms with Crippen molar-refractivity contribution in [1.82, 2.24) is 9.97 Å². The van der Waals surface area contributed by atoms with Crippen LogP contribution in [0.5, 0.6) is 0 Å². The van der Waals surface area contributed by atoms with E-state index in [0.717, 1.165) is 44.8 Å². The smallest absolute Gasteiger partial charge is 0.161 e. The molecule has 1 aromatic heterocycles. The lowest BCUT2D eigenvalue weighted by Crippen LogP contribution is -1.97. The third kappa shape index (κ3) is 5.82. The summed E-state index contributed by atoms with van der Waals surface area (Å²) >= 11 is 0. The molecule has 0 atom stereocenters. The summed E-state index contributed by atoms with van der Waals surface area (Å²) in [6.07, 6.45) is 0. The molecule has 0 radical (unpaired) electrons. The molecule has 9 aromatic carbocycles. The van der Waals surface area contributed by atoms with Gasteiger partial charge in [-0.3, -0.25) is 0 Å². The van der Waals surface area contributed by atoms with Gasteiger partial charge in [0.15, 0.2) is 5.82 Å². The zero-order chi connectivity index (χ0) is 38.4. The summed E-state index contributed by atoms with van der Waals surface area (Å²) in [4.78, 5) is 10.4. The van der Waals surface area contributed by atoms with Crippen molar-refractivity contribution in [3.63, 3.8) is 0 Å². The molecule has 0 aliphatic heterocycles. The lowest BCUT2D eigenvalue weighted by molar-refractivity contribution is 1.18. The van der Waals surface area contributed by atoms with Gasteiger partial charge in [0.1, 0.15) is 0 Å². The maximum atomic E-state index is 5.22. The summed E-state index contributed by atoms with van der Waals surface area (Å²) in [5.41, 5.74) is 19.6.